The van der Waals surface area contributed by atoms with Gasteiger partial charge in [0.2, 0.25) is 5.91 Å². The van der Waals surface area contributed by atoms with E-state index in [0.29, 0.717) is 12.2 Å². The lowest BCUT2D eigenvalue weighted by Gasteiger charge is -2.22. The van der Waals surface area contributed by atoms with Crippen molar-refractivity contribution in [3.63, 3.8) is 0 Å². The standard InChI is InChI=1S/C16H20N4OS/c1-12-4-2-3-5-14(12)20-15(6-7-18-20)19-16(21)10-13-11-22-9-8-17-13/h2-7,13,17H,8-11H2,1H3,(H,19,21). The summed E-state index contributed by atoms with van der Waals surface area (Å²) < 4.78 is 1.77. The van der Waals surface area contributed by atoms with Crippen LogP contribution in [0.3, 0.4) is 0 Å². The van der Waals surface area contributed by atoms with Gasteiger partial charge >= 0.3 is 0 Å². The van der Waals surface area contributed by atoms with Crippen molar-refractivity contribution in [3.8, 4) is 5.69 Å². The fourth-order valence-electron chi connectivity index (χ4n) is 2.56. The van der Waals surface area contributed by atoms with Crippen LogP contribution in [0.2, 0.25) is 0 Å². The molecule has 2 heterocycles. The monoisotopic (exact) mass is 316 g/mol. The number of anilines is 1. The van der Waals surface area contributed by atoms with Crippen LogP contribution in [0.25, 0.3) is 5.69 Å². The molecule has 0 radical (unpaired) electrons. The van der Waals surface area contributed by atoms with E-state index in [2.05, 4.69) is 15.7 Å². The number of benzene rings is 1. The normalized spacial score (nSPS) is 18.1. The first-order chi connectivity index (χ1) is 10.7. The molecule has 0 saturated carbocycles. The summed E-state index contributed by atoms with van der Waals surface area (Å²) in [5, 5.41) is 10.7. The Labute approximate surface area is 134 Å². The lowest BCUT2D eigenvalue weighted by Crippen LogP contribution is -2.40. The molecule has 1 unspecified atom stereocenters. The summed E-state index contributed by atoms with van der Waals surface area (Å²) in [6.45, 7) is 3.01. The molecule has 22 heavy (non-hydrogen) atoms. The molecule has 0 aliphatic carbocycles. The number of hydrogen-bond acceptors (Lipinski definition) is 4. The van der Waals surface area contributed by atoms with Crippen LogP contribution in [0.15, 0.2) is 36.5 Å². The molecule has 1 aromatic carbocycles. The van der Waals surface area contributed by atoms with Crippen LogP contribution in [-0.2, 0) is 4.79 Å². The Hall–Kier alpha value is -1.79. The van der Waals surface area contributed by atoms with E-state index < -0.39 is 0 Å². The molecule has 2 aromatic rings. The van der Waals surface area contributed by atoms with Gasteiger partial charge in [-0.3, -0.25) is 4.79 Å². The number of aryl methyl sites for hydroxylation is 1. The molecule has 1 saturated heterocycles. The SMILES string of the molecule is Cc1ccccc1-n1nccc1NC(=O)CC1CSCCN1. The number of rotatable bonds is 4. The number of nitrogens with zero attached hydrogens (tertiary/aromatic N) is 2. The van der Waals surface area contributed by atoms with Gasteiger partial charge in [-0.25, -0.2) is 4.68 Å². The maximum Gasteiger partial charge on any atom is 0.227 e. The van der Waals surface area contributed by atoms with E-state index in [4.69, 9.17) is 0 Å². The third kappa shape index (κ3) is 3.51. The first-order valence-electron chi connectivity index (χ1n) is 7.45. The second-order valence-electron chi connectivity index (χ2n) is 5.39. The Morgan fingerprint density at radius 3 is 3.09 bits per heavy atom. The molecule has 1 aliphatic heterocycles. The fraction of sp³-hybridized carbons (Fsp3) is 0.375. The topological polar surface area (TPSA) is 59.0 Å². The second kappa shape index (κ2) is 6.98. The van der Waals surface area contributed by atoms with Gasteiger partial charge in [-0.1, -0.05) is 18.2 Å². The zero-order chi connectivity index (χ0) is 15.4. The molecular weight excluding hydrogens is 296 g/mol. The van der Waals surface area contributed by atoms with Crippen molar-refractivity contribution in [1.82, 2.24) is 15.1 Å². The van der Waals surface area contributed by atoms with Gasteiger partial charge in [0.15, 0.2) is 0 Å². The lowest BCUT2D eigenvalue weighted by atomic mass is 10.2. The van der Waals surface area contributed by atoms with E-state index in [0.717, 1.165) is 29.3 Å². The van der Waals surface area contributed by atoms with Gasteiger partial charge in [-0.2, -0.15) is 16.9 Å². The van der Waals surface area contributed by atoms with Crippen LogP contribution in [-0.4, -0.2) is 39.8 Å². The third-order valence-electron chi connectivity index (χ3n) is 3.68. The van der Waals surface area contributed by atoms with Crippen molar-refractivity contribution in [2.24, 2.45) is 0 Å². The van der Waals surface area contributed by atoms with E-state index in [9.17, 15) is 4.79 Å². The highest BCUT2D eigenvalue weighted by atomic mass is 32.2. The third-order valence-corrected chi connectivity index (χ3v) is 4.81. The highest BCUT2D eigenvalue weighted by Gasteiger charge is 2.18. The first kappa shape index (κ1) is 15.1. The van der Waals surface area contributed by atoms with Crippen LogP contribution in [0.4, 0.5) is 5.82 Å². The average molecular weight is 316 g/mol. The molecule has 1 amide bonds. The Kier molecular flexibility index (Phi) is 4.80. The maximum absolute atomic E-state index is 12.2. The maximum atomic E-state index is 12.2. The van der Waals surface area contributed by atoms with Crippen molar-refractivity contribution < 1.29 is 4.79 Å². The van der Waals surface area contributed by atoms with Gasteiger partial charge in [0.25, 0.3) is 0 Å². The lowest BCUT2D eigenvalue weighted by molar-refractivity contribution is -0.116. The van der Waals surface area contributed by atoms with Gasteiger partial charge in [0, 0.05) is 36.6 Å². The summed E-state index contributed by atoms with van der Waals surface area (Å²) in [7, 11) is 0. The van der Waals surface area contributed by atoms with Gasteiger partial charge in [0.05, 0.1) is 11.9 Å². The van der Waals surface area contributed by atoms with E-state index in [1.54, 1.807) is 10.9 Å². The molecular formula is C16H20N4OS. The van der Waals surface area contributed by atoms with Gasteiger partial charge in [-0.05, 0) is 18.6 Å². The summed E-state index contributed by atoms with van der Waals surface area (Å²) in [4.78, 5) is 12.2. The molecule has 116 valence electrons. The average Bonchev–Trinajstić information content (AvgIpc) is 2.96. The molecule has 6 heteroatoms. The second-order valence-corrected chi connectivity index (χ2v) is 6.54. The predicted octanol–water partition coefficient (Wildman–Crippen LogP) is 2.21. The zero-order valence-electron chi connectivity index (χ0n) is 12.6. The zero-order valence-corrected chi connectivity index (χ0v) is 13.4. The number of thioether (sulfide) groups is 1. The smallest absolute Gasteiger partial charge is 0.227 e. The number of carbonyl (C=O) groups excluding carboxylic acids is 1. The minimum Gasteiger partial charge on any atom is -0.312 e. The summed E-state index contributed by atoms with van der Waals surface area (Å²) in [5.41, 5.74) is 2.10. The Morgan fingerprint density at radius 1 is 1.45 bits per heavy atom. The number of aromatic nitrogens is 2. The van der Waals surface area contributed by atoms with Gasteiger partial charge in [-0.15, -0.1) is 0 Å². The molecule has 0 bridgehead atoms. The molecule has 1 fully saturated rings. The molecule has 0 spiro atoms. The Morgan fingerprint density at radius 2 is 2.32 bits per heavy atom. The van der Waals surface area contributed by atoms with Crippen molar-refractivity contribution in [3.05, 3.63) is 42.1 Å². The van der Waals surface area contributed by atoms with Crippen molar-refractivity contribution in [2.75, 3.05) is 23.4 Å². The number of carbonyl (C=O) groups is 1. The van der Waals surface area contributed by atoms with Crippen LogP contribution in [0, 0.1) is 6.92 Å². The Balaban J connectivity index is 1.70. The number of hydrogen-bond donors (Lipinski definition) is 2. The molecule has 1 atom stereocenters. The van der Waals surface area contributed by atoms with E-state index in [1.807, 2.05) is 49.0 Å². The molecule has 2 N–H and O–H groups in total. The number of amides is 1. The summed E-state index contributed by atoms with van der Waals surface area (Å²) >= 11 is 1.89. The minimum absolute atomic E-state index is 0.0235. The highest BCUT2D eigenvalue weighted by Crippen LogP contribution is 2.19. The van der Waals surface area contributed by atoms with Crippen LogP contribution in [0.5, 0.6) is 0 Å². The van der Waals surface area contributed by atoms with Gasteiger partial charge < -0.3 is 10.6 Å². The summed E-state index contributed by atoms with van der Waals surface area (Å²) in [5.74, 6) is 2.85. The van der Waals surface area contributed by atoms with Crippen LogP contribution in [0.1, 0.15) is 12.0 Å². The van der Waals surface area contributed by atoms with Crippen LogP contribution < -0.4 is 10.6 Å². The summed E-state index contributed by atoms with van der Waals surface area (Å²) in [6, 6.07) is 10.1. The quantitative estimate of drug-likeness (QED) is 0.908. The van der Waals surface area contributed by atoms with Crippen molar-refractivity contribution in [2.45, 2.75) is 19.4 Å². The fourth-order valence-corrected chi connectivity index (χ4v) is 3.51. The number of nitrogens with one attached hydrogen (secondary N) is 2. The number of para-hydroxylation sites is 1. The van der Waals surface area contributed by atoms with E-state index >= 15 is 0 Å². The highest BCUT2D eigenvalue weighted by molar-refractivity contribution is 7.99. The molecule has 5 nitrogen and oxygen atoms in total. The summed E-state index contributed by atoms with van der Waals surface area (Å²) in [6.07, 6.45) is 2.20. The first-order valence-corrected chi connectivity index (χ1v) is 8.60. The van der Waals surface area contributed by atoms with Crippen molar-refractivity contribution in [1.29, 1.82) is 0 Å². The molecule has 1 aromatic heterocycles. The minimum atomic E-state index is 0.0235. The molecule has 3 rings (SSSR count). The molecule has 1 aliphatic rings. The van der Waals surface area contributed by atoms with Crippen LogP contribution >= 0.6 is 11.8 Å². The van der Waals surface area contributed by atoms with Gasteiger partial charge in [0.1, 0.15) is 5.82 Å². The predicted molar refractivity (Wildman–Crippen MR) is 90.7 cm³/mol. The van der Waals surface area contributed by atoms with Crippen molar-refractivity contribution >= 4 is 23.5 Å². The van der Waals surface area contributed by atoms with E-state index in [1.165, 1.54) is 0 Å². The van der Waals surface area contributed by atoms with E-state index in [-0.39, 0.29) is 11.9 Å². The largest absolute Gasteiger partial charge is 0.312 e. The Bertz CT molecular complexity index is 649.